The Balaban J connectivity index is 0. The zero-order valence-electron chi connectivity index (χ0n) is 5.88. The van der Waals surface area contributed by atoms with Crippen molar-refractivity contribution in [2.75, 3.05) is 21.3 Å². The summed E-state index contributed by atoms with van der Waals surface area (Å²) in [6, 6.07) is 0. The van der Waals surface area contributed by atoms with E-state index in [1.165, 1.54) is 0 Å². The summed E-state index contributed by atoms with van der Waals surface area (Å²) in [4.78, 5) is 0. The predicted molar refractivity (Wildman–Crippen MR) is 36.7 cm³/mol. The molecule has 0 spiro atoms. The van der Waals surface area contributed by atoms with Crippen molar-refractivity contribution in [1.82, 2.24) is 0 Å². The Morgan fingerprint density at radius 2 is 1.11 bits per heavy atom. The highest BCUT2D eigenvalue weighted by atomic mass is 28.3. The Morgan fingerprint density at radius 3 is 1.11 bits per heavy atom. The third kappa shape index (κ3) is 7.66. The molecule has 0 atom stereocenters. The molecular formula is C5H11O3Si. The molecule has 0 unspecified atom stereocenters. The summed E-state index contributed by atoms with van der Waals surface area (Å²) >= 11 is 0. The summed E-state index contributed by atoms with van der Waals surface area (Å²) in [5, 5.41) is 0. The zero-order chi connectivity index (χ0) is 7.70. The molecule has 0 aromatic heterocycles. The van der Waals surface area contributed by atoms with Crippen LogP contribution in [0.4, 0.5) is 0 Å². The summed E-state index contributed by atoms with van der Waals surface area (Å²) in [5.41, 5.74) is 0. The molecule has 1 radical (unpaired) electrons. The fraction of sp³-hybridized carbons (Fsp3) is 0.600. The standard InChI is InChI=1S/C3H9O3Si.C2H2/c1-4-7(5-2)6-3;1-2/h1-3H3;1-2H. The van der Waals surface area contributed by atoms with E-state index in [9.17, 15) is 0 Å². The van der Waals surface area contributed by atoms with Crippen LogP contribution in [0, 0.1) is 12.8 Å². The Kier molecular flexibility index (Phi) is 13.5. The maximum absolute atomic E-state index is 4.71. The van der Waals surface area contributed by atoms with E-state index < -0.39 is 9.53 Å². The molecule has 0 rings (SSSR count). The Morgan fingerprint density at radius 1 is 0.889 bits per heavy atom. The van der Waals surface area contributed by atoms with Gasteiger partial charge in [-0.3, -0.25) is 0 Å². The van der Waals surface area contributed by atoms with Crippen LogP contribution in [-0.4, -0.2) is 30.9 Å². The third-order valence-corrected chi connectivity index (χ3v) is 1.50. The van der Waals surface area contributed by atoms with Gasteiger partial charge in [0.25, 0.3) is 0 Å². The Hall–Kier alpha value is -0.343. The second-order valence-corrected chi connectivity index (χ2v) is 2.59. The van der Waals surface area contributed by atoms with Gasteiger partial charge in [-0.1, -0.05) is 0 Å². The minimum atomic E-state index is -1.36. The van der Waals surface area contributed by atoms with Crippen molar-refractivity contribution in [3.05, 3.63) is 0 Å². The quantitative estimate of drug-likeness (QED) is 0.420. The van der Waals surface area contributed by atoms with E-state index in [0.29, 0.717) is 0 Å². The van der Waals surface area contributed by atoms with Gasteiger partial charge < -0.3 is 13.3 Å². The molecule has 0 aromatic rings. The number of rotatable bonds is 3. The zero-order valence-corrected chi connectivity index (χ0v) is 6.88. The van der Waals surface area contributed by atoms with Gasteiger partial charge in [-0.05, 0) is 0 Å². The van der Waals surface area contributed by atoms with E-state index in [1.807, 2.05) is 0 Å². The van der Waals surface area contributed by atoms with Gasteiger partial charge in [0.15, 0.2) is 0 Å². The topological polar surface area (TPSA) is 27.7 Å². The van der Waals surface area contributed by atoms with Crippen LogP contribution in [0.15, 0.2) is 0 Å². The van der Waals surface area contributed by atoms with Crippen LogP contribution in [-0.2, 0) is 13.3 Å². The van der Waals surface area contributed by atoms with Gasteiger partial charge in [0.1, 0.15) is 0 Å². The first-order chi connectivity index (χ1) is 4.35. The molecule has 0 amide bonds. The van der Waals surface area contributed by atoms with Crippen molar-refractivity contribution in [3.8, 4) is 12.8 Å². The molecule has 0 saturated heterocycles. The van der Waals surface area contributed by atoms with E-state index in [2.05, 4.69) is 12.8 Å². The average Bonchev–Trinajstić information content (AvgIpc) is 1.96. The number of hydrogen-bond acceptors (Lipinski definition) is 3. The predicted octanol–water partition coefficient (Wildman–Crippen LogP) is 0.160. The van der Waals surface area contributed by atoms with E-state index in [1.54, 1.807) is 21.3 Å². The second kappa shape index (κ2) is 10.6. The van der Waals surface area contributed by atoms with E-state index in [-0.39, 0.29) is 0 Å². The highest BCUT2D eigenvalue weighted by Gasteiger charge is 2.09. The molecular weight excluding hydrogens is 136 g/mol. The molecule has 9 heavy (non-hydrogen) atoms. The van der Waals surface area contributed by atoms with Gasteiger partial charge in [0.05, 0.1) is 0 Å². The second-order valence-electron chi connectivity index (χ2n) is 0.862. The maximum Gasteiger partial charge on any atom is 0.576 e. The fourth-order valence-corrected chi connectivity index (χ4v) is 0.750. The molecule has 53 valence electrons. The largest absolute Gasteiger partial charge is 0.576 e. The lowest BCUT2D eigenvalue weighted by atomic mass is 11.4. The normalized spacial score (nSPS) is 8.22. The fourth-order valence-electron chi connectivity index (χ4n) is 0.250. The van der Waals surface area contributed by atoms with Crippen LogP contribution in [0.5, 0.6) is 0 Å². The molecule has 3 nitrogen and oxygen atoms in total. The van der Waals surface area contributed by atoms with Gasteiger partial charge in [-0.2, -0.15) is 0 Å². The van der Waals surface area contributed by atoms with Crippen molar-refractivity contribution in [1.29, 1.82) is 0 Å². The molecule has 0 aliphatic rings. The first-order valence-electron chi connectivity index (χ1n) is 2.17. The van der Waals surface area contributed by atoms with Crippen LogP contribution >= 0.6 is 0 Å². The van der Waals surface area contributed by atoms with Crippen molar-refractivity contribution < 1.29 is 13.3 Å². The molecule has 0 saturated carbocycles. The summed E-state index contributed by atoms with van der Waals surface area (Å²) < 4.78 is 14.1. The molecule has 0 fully saturated rings. The van der Waals surface area contributed by atoms with Gasteiger partial charge in [-0.25, -0.2) is 0 Å². The van der Waals surface area contributed by atoms with Crippen LogP contribution in [0.3, 0.4) is 0 Å². The van der Waals surface area contributed by atoms with Crippen molar-refractivity contribution in [3.63, 3.8) is 0 Å². The van der Waals surface area contributed by atoms with Gasteiger partial charge in [0, 0.05) is 21.3 Å². The highest BCUT2D eigenvalue weighted by Crippen LogP contribution is 1.81. The molecule has 0 heterocycles. The van der Waals surface area contributed by atoms with Gasteiger partial charge >= 0.3 is 9.53 Å². The van der Waals surface area contributed by atoms with E-state index >= 15 is 0 Å². The minimum absolute atomic E-state index is 1.36. The van der Waals surface area contributed by atoms with Gasteiger partial charge in [-0.15, -0.1) is 12.8 Å². The third-order valence-electron chi connectivity index (χ3n) is 0.500. The first-order valence-corrected chi connectivity index (χ1v) is 3.40. The lowest BCUT2D eigenvalue weighted by Crippen LogP contribution is -2.21. The van der Waals surface area contributed by atoms with Crippen molar-refractivity contribution in [2.24, 2.45) is 0 Å². The molecule has 0 aliphatic carbocycles. The van der Waals surface area contributed by atoms with Crippen molar-refractivity contribution in [2.45, 2.75) is 0 Å². The lowest BCUT2D eigenvalue weighted by Gasteiger charge is -2.02. The summed E-state index contributed by atoms with van der Waals surface area (Å²) in [5.74, 6) is 0. The highest BCUT2D eigenvalue weighted by molar-refractivity contribution is 6.36. The van der Waals surface area contributed by atoms with E-state index in [0.717, 1.165) is 0 Å². The molecule has 4 heteroatoms. The smallest absolute Gasteiger partial charge is 0.375 e. The Labute approximate surface area is 57.9 Å². The summed E-state index contributed by atoms with van der Waals surface area (Å²) in [6.45, 7) is 0. The first kappa shape index (κ1) is 11.5. The molecule has 0 aromatic carbocycles. The minimum Gasteiger partial charge on any atom is -0.375 e. The molecule has 0 bridgehead atoms. The number of terminal acetylenes is 1. The molecule has 0 N–H and O–H groups in total. The van der Waals surface area contributed by atoms with Crippen molar-refractivity contribution >= 4 is 9.53 Å². The Bertz CT molecular complexity index is 55.0. The SMILES string of the molecule is C#C.CO[Si](OC)OC. The molecule has 0 aliphatic heterocycles. The van der Waals surface area contributed by atoms with Crippen LogP contribution in [0.25, 0.3) is 0 Å². The monoisotopic (exact) mass is 147 g/mol. The van der Waals surface area contributed by atoms with Gasteiger partial charge in [0.2, 0.25) is 0 Å². The van der Waals surface area contributed by atoms with Crippen LogP contribution in [0.1, 0.15) is 0 Å². The summed E-state index contributed by atoms with van der Waals surface area (Å²) in [7, 11) is 3.31. The maximum atomic E-state index is 4.71. The van der Waals surface area contributed by atoms with Crippen LogP contribution < -0.4 is 0 Å². The lowest BCUT2D eigenvalue weighted by molar-refractivity contribution is 0.163. The van der Waals surface area contributed by atoms with E-state index in [4.69, 9.17) is 13.3 Å². The average molecular weight is 147 g/mol. The number of hydrogen-bond donors (Lipinski definition) is 0. The van der Waals surface area contributed by atoms with Crippen LogP contribution in [0.2, 0.25) is 0 Å². The summed E-state index contributed by atoms with van der Waals surface area (Å²) in [6.07, 6.45) is 8.00.